The molecule has 0 spiro atoms. The molecule has 1 N–H and O–H groups in total. The first-order valence-corrected chi connectivity index (χ1v) is 11.4. The maximum Gasteiger partial charge on any atom is 0.155 e. The molecule has 0 amide bonds. The van der Waals surface area contributed by atoms with Crippen LogP contribution in [0.15, 0.2) is 109 Å². The van der Waals surface area contributed by atoms with Gasteiger partial charge in [0.15, 0.2) is 5.78 Å². The fraction of sp³-hybridized carbons (Fsp3) is 0.0690. The van der Waals surface area contributed by atoms with Crippen LogP contribution in [0, 0.1) is 12.1 Å². The number of rotatable bonds is 3. The Morgan fingerprint density at radius 1 is 0.833 bits per heavy atom. The quantitative estimate of drug-likeness (QED) is 0.117. The molecular weight excluding hydrogens is 825 g/mol. The number of benzene rings is 2. The summed E-state index contributed by atoms with van der Waals surface area (Å²) < 4.78 is 1.26. The molecule has 36 heavy (non-hydrogen) atoms. The molecule has 0 aliphatic carbocycles. The maximum atomic E-state index is 10.0. The number of hydrogen-bond acceptors (Lipinski definition) is 5. The predicted molar refractivity (Wildman–Crippen MR) is 139 cm³/mol. The van der Waals surface area contributed by atoms with Crippen molar-refractivity contribution in [3.8, 4) is 21.8 Å². The van der Waals surface area contributed by atoms with Gasteiger partial charge in [0.25, 0.3) is 0 Å². The molecule has 0 fully saturated rings. The zero-order chi connectivity index (χ0) is 24.2. The van der Waals surface area contributed by atoms with Crippen LogP contribution in [0.2, 0.25) is 0 Å². The van der Waals surface area contributed by atoms with Crippen LogP contribution in [0.5, 0.6) is 0 Å². The number of hydrogen-bond donors (Lipinski definition) is 1. The SMILES string of the molecule is CC(=O)C=C(C)O.[Ir].[Ir].[c-]1c(-c2ccccn2)sc2ccccc12.[c-]1ccccc1-c1ccccn1. The zero-order valence-electron chi connectivity index (χ0n) is 19.6. The van der Waals surface area contributed by atoms with E-state index in [1.54, 1.807) is 17.5 Å². The second kappa shape index (κ2) is 16.8. The van der Waals surface area contributed by atoms with Gasteiger partial charge in [-0.25, -0.2) is 11.3 Å². The minimum absolute atomic E-state index is 0. The standard InChI is InChI=1S/C13H8NS.C11H8N.C5H8O2.2Ir/c1-2-7-12-10(5-1)9-13(15-12)11-6-3-4-8-14-11;1-2-6-10(7-3-1)11-8-4-5-9-12-11;1-4(6)3-5(2)7;;/h1-8H;1-6,8-9H;3,6H,1-2H3;;/q2*-1;;;. The summed E-state index contributed by atoms with van der Waals surface area (Å²) in [4.78, 5) is 19.7. The molecule has 0 unspecified atom stereocenters. The van der Waals surface area contributed by atoms with Gasteiger partial charge in [-0.3, -0.25) is 4.79 Å². The van der Waals surface area contributed by atoms with Crippen molar-refractivity contribution in [3.05, 3.63) is 121 Å². The zero-order valence-corrected chi connectivity index (χ0v) is 25.2. The first-order chi connectivity index (χ1) is 16.5. The van der Waals surface area contributed by atoms with Crippen molar-refractivity contribution in [1.29, 1.82) is 0 Å². The van der Waals surface area contributed by atoms with E-state index < -0.39 is 0 Å². The summed E-state index contributed by atoms with van der Waals surface area (Å²) in [5, 5.41) is 9.53. The van der Waals surface area contributed by atoms with Gasteiger partial charge in [-0.15, -0.1) is 59.5 Å². The van der Waals surface area contributed by atoms with E-state index in [9.17, 15) is 4.79 Å². The van der Waals surface area contributed by atoms with Crippen LogP contribution in [0.4, 0.5) is 0 Å². The van der Waals surface area contributed by atoms with Gasteiger partial charge >= 0.3 is 0 Å². The fourth-order valence-electron chi connectivity index (χ4n) is 2.90. The van der Waals surface area contributed by atoms with Gasteiger partial charge in [0, 0.05) is 64.4 Å². The summed E-state index contributed by atoms with van der Waals surface area (Å²) >= 11 is 1.73. The number of carbonyl (C=O) groups is 1. The van der Waals surface area contributed by atoms with Crippen molar-refractivity contribution in [3.63, 3.8) is 0 Å². The van der Waals surface area contributed by atoms with Crippen LogP contribution in [-0.2, 0) is 45.0 Å². The minimum atomic E-state index is -0.125. The van der Waals surface area contributed by atoms with E-state index in [-0.39, 0.29) is 51.8 Å². The summed E-state index contributed by atoms with van der Waals surface area (Å²) in [6.45, 7) is 2.85. The molecular formula is C29H24Ir2N2O2S-2. The Morgan fingerprint density at radius 3 is 1.94 bits per heavy atom. The van der Waals surface area contributed by atoms with Gasteiger partial charge in [-0.05, 0) is 41.3 Å². The van der Waals surface area contributed by atoms with Gasteiger partial charge in [-0.1, -0.05) is 36.4 Å². The molecule has 188 valence electrons. The Bertz CT molecular complexity index is 1270. The molecule has 5 aromatic rings. The van der Waals surface area contributed by atoms with Gasteiger partial charge < -0.3 is 15.1 Å². The number of thiophene rings is 1. The molecule has 7 heteroatoms. The normalized spacial score (nSPS) is 9.89. The third-order valence-electron chi connectivity index (χ3n) is 4.31. The average Bonchev–Trinajstić information content (AvgIpc) is 3.30. The Kier molecular flexibility index (Phi) is 14.6. The topological polar surface area (TPSA) is 63.1 Å². The molecule has 2 aromatic carbocycles. The second-order valence-electron chi connectivity index (χ2n) is 7.15. The molecule has 0 bridgehead atoms. The molecule has 2 radical (unpaired) electrons. The molecule has 0 aliphatic heterocycles. The van der Waals surface area contributed by atoms with Crippen molar-refractivity contribution in [2.75, 3.05) is 0 Å². The Hall–Kier alpha value is -2.79. The molecule has 3 aromatic heterocycles. The molecule has 3 heterocycles. The van der Waals surface area contributed by atoms with Crippen molar-refractivity contribution < 1.29 is 50.1 Å². The summed E-state index contributed by atoms with van der Waals surface area (Å²) in [6.07, 6.45) is 4.77. The maximum absolute atomic E-state index is 10.0. The van der Waals surface area contributed by atoms with Crippen LogP contribution < -0.4 is 0 Å². The smallest absolute Gasteiger partial charge is 0.155 e. The number of aliphatic hydroxyl groups is 1. The van der Waals surface area contributed by atoms with Crippen molar-refractivity contribution in [2.24, 2.45) is 0 Å². The third kappa shape index (κ3) is 10.4. The van der Waals surface area contributed by atoms with Crippen LogP contribution in [0.25, 0.3) is 31.9 Å². The first kappa shape index (κ1) is 31.2. The van der Waals surface area contributed by atoms with Gasteiger partial charge in [-0.2, -0.15) is 0 Å². The molecule has 4 nitrogen and oxygen atoms in total. The second-order valence-corrected chi connectivity index (χ2v) is 8.21. The van der Waals surface area contributed by atoms with E-state index in [2.05, 4.69) is 40.3 Å². The van der Waals surface area contributed by atoms with Crippen LogP contribution in [0.1, 0.15) is 13.8 Å². The van der Waals surface area contributed by atoms with Gasteiger partial charge in [0.2, 0.25) is 0 Å². The monoisotopic (exact) mass is 850 g/mol. The fourth-order valence-corrected chi connectivity index (χ4v) is 3.88. The average molecular weight is 849 g/mol. The van der Waals surface area contributed by atoms with Gasteiger partial charge in [0.05, 0.1) is 5.76 Å². The third-order valence-corrected chi connectivity index (χ3v) is 5.40. The Morgan fingerprint density at radius 2 is 1.44 bits per heavy atom. The summed E-state index contributed by atoms with van der Waals surface area (Å²) in [5.74, 6) is -0.0625. The van der Waals surface area contributed by atoms with Crippen LogP contribution in [-0.4, -0.2) is 20.9 Å². The number of allylic oxidation sites excluding steroid dienone is 2. The summed E-state index contributed by atoms with van der Waals surface area (Å²) in [7, 11) is 0. The number of ketones is 1. The minimum Gasteiger partial charge on any atom is -0.512 e. The van der Waals surface area contributed by atoms with E-state index in [1.165, 1.54) is 30.0 Å². The van der Waals surface area contributed by atoms with E-state index in [0.717, 1.165) is 21.8 Å². The summed E-state index contributed by atoms with van der Waals surface area (Å²) in [5.41, 5.74) is 3.01. The molecule has 0 saturated heterocycles. The number of aliphatic hydroxyl groups excluding tert-OH is 1. The molecule has 0 saturated carbocycles. The first-order valence-electron chi connectivity index (χ1n) is 10.6. The Labute approximate surface area is 242 Å². The van der Waals surface area contributed by atoms with Crippen LogP contribution in [0.3, 0.4) is 0 Å². The molecule has 5 rings (SSSR count). The number of fused-ring (bicyclic) bond motifs is 1. The molecule has 0 aliphatic rings. The number of pyridine rings is 2. The Balaban J connectivity index is 0.000000280. The number of nitrogens with zero attached hydrogens (tertiary/aromatic N) is 2. The predicted octanol–water partition coefficient (Wildman–Crippen LogP) is 7.34. The molecule has 0 atom stereocenters. The van der Waals surface area contributed by atoms with E-state index in [1.807, 2.05) is 72.9 Å². The number of carbonyl (C=O) groups excluding carboxylic acids is 1. The van der Waals surface area contributed by atoms with E-state index in [4.69, 9.17) is 5.11 Å². The van der Waals surface area contributed by atoms with Crippen LogP contribution >= 0.6 is 11.3 Å². The van der Waals surface area contributed by atoms with E-state index >= 15 is 0 Å². The van der Waals surface area contributed by atoms with Crippen molar-refractivity contribution >= 4 is 27.2 Å². The van der Waals surface area contributed by atoms with Crippen molar-refractivity contribution in [2.45, 2.75) is 13.8 Å². The van der Waals surface area contributed by atoms with Crippen molar-refractivity contribution in [1.82, 2.24) is 9.97 Å². The van der Waals surface area contributed by atoms with E-state index in [0.29, 0.717) is 0 Å². The number of aromatic nitrogens is 2. The largest absolute Gasteiger partial charge is 0.512 e. The van der Waals surface area contributed by atoms with Gasteiger partial charge in [0.1, 0.15) is 0 Å². The summed E-state index contributed by atoms with van der Waals surface area (Å²) in [6, 6.07) is 34.4.